The van der Waals surface area contributed by atoms with Gasteiger partial charge in [-0.1, -0.05) is 34.1 Å². The topological polar surface area (TPSA) is 72.3 Å². The molecule has 2 amide bonds. The second kappa shape index (κ2) is 5.63. The smallest absolute Gasteiger partial charge is 0.267 e. The number of imide groups is 1. The fourth-order valence-electron chi connectivity index (χ4n) is 3.04. The normalized spacial score (nSPS) is 13.6. The van der Waals surface area contributed by atoms with E-state index in [1.807, 2.05) is 0 Å². The van der Waals surface area contributed by atoms with Crippen LogP contribution in [0, 0.1) is 0 Å². The lowest BCUT2D eigenvalue weighted by atomic mass is 10.1. The molecule has 0 bridgehead atoms. The molecule has 0 aliphatic carbocycles. The van der Waals surface area contributed by atoms with Gasteiger partial charge >= 0.3 is 0 Å². The number of hydrogen-bond donors (Lipinski definition) is 0. The highest BCUT2D eigenvalue weighted by molar-refractivity contribution is 9.09. The van der Waals surface area contributed by atoms with Gasteiger partial charge in [-0.15, -0.1) is 0 Å². The van der Waals surface area contributed by atoms with Crippen molar-refractivity contribution in [2.45, 2.75) is 0 Å². The zero-order chi connectivity index (χ0) is 17.7. The average molecular weight is 398 g/mol. The van der Waals surface area contributed by atoms with Crippen LogP contribution in [0.3, 0.4) is 0 Å². The minimum atomic E-state index is -0.388. The molecular weight excluding hydrogens is 386 g/mol. The number of benzene rings is 2. The molecule has 2 heterocycles. The van der Waals surface area contributed by atoms with Gasteiger partial charge in [0.2, 0.25) is 0 Å². The molecule has 0 unspecified atom stereocenters. The highest BCUT2D eigenvalue weighted by Gasteiger charge is 2.38. The van der Waals surface area contributed by atoms with Crippen LogP contribution in [0.2, 0.25) is 0 Å². The number of amides is 2. The molecule has 1 aliphatic heterocycles. The van der Waals surface area contributed by atoms with Crippen molar-refractivity contribution in [3.05, 3.63) is 59.2 Å². The molecule has 124 valence electrons. The van der Waals surface area contributed by atoms with Crippen molar-refractivity contribution in [2.75, 3.05) is 10.2 Å². The van der Waals surface area contributed by atoms with Crippen molar-refractivity contribution < 1.29 is 14.4 Å². The van der Waals surface area contributed by atoms with Crippen LogP contribution in [0.25, 0.3) is 10.9 Å². The first-order valence-corrected chi connectivity index (χ1v) is 8.69. The number of carbonyl (C=O) groups excluding carboxylic acids is 3. The molecule has 4 rings (SSSR count). The number of fused-ring (bicyclic) bond motifs is 2. The third-order valence-corrected chi connectivity index (χ3v) is 4.79. The molecule has 0 spiro atoms. The summed E-state index contributed by atoms with van der Waals surface area (Å²) in [6.07, 6.45) is 0. The average Bonchev–Trinajstić information content (AvgIpc) is 3.09. The molecule has 0 N–H and O–H groups in total. The fraction of sp³-hybridized carbons (Fsp3) is 0.111. The van der Waals surface area contributed by atoms with E-state index in [-0.39, 0.29) is 28.7 Å². The Labute approximate surface area is 151 Å². The number of anilines is 1. The quantitative estimate of drug-likeness (QED) is 0.386. The van der Waals surface area contributed by atoms with Crippen molar-refractivity contribution in [3.63, 3.8) is 0 Å². The molecule has 7 heteroatoms. The summed E-state index contributed by atoms with van der Waals surface area (Å²) in [6, 6.07) is 11.8. The van der Waals surface area contributed by atoms with E-state index < -0.39 is 0 Å². The number of aromatic nitrogens is 2. The zero-order valence-corrected chi connectivity index (χ0v) is 14.8. The summed E-state index contributed by atoms with van der Waals surface area (Å²) in [7, 11) is 1.71. The molecule has 6 nitrogen and oxygen atoms in total. The first-order chi connectivity index (χ1) is 12.0. The number of rotatable bonds is 3. The predicted octanol–water partition coefficient (Wildman–Crippen LogP) is 2.95. The molecule has 3 aromatic rings. The summed E-state index contributed by atoms with van der Waals surface area (Å²) in [5.41, 5.74) is 1.97. The summed E-state index contributed by atoms with van der Waals surface area (Å²) in [4.78, 5) is 38.3. The van der Waals surface area contributed by atoms with Gasteiger partial charge in [-0.25, -0.2) is 4.90 Å². The summed E-state index contributed by atoms with van der Waals surface area (Å²) >= 11 is 3.16. The Morgan fingerprint density at radius 1 is 1.08 bits per heavy atom. The van der Waals surface area contributed by atoms with E-state index in [9.17, 15) is 14.4 Å². The van der Waals surface area contributed by atoms with Crippen molar-refractivity contribution in [1.82, 2.24) is 9.78 Å². The van der Waals surface area contributed by atoms with Gasteiger partial charge in [-0.3, -0.25) is 19.1 Å². The summed E-state index contributed by atoms with van der Waals surface area (Å²) < 4.78 is 1.57. The van der Waals surface area contributed by atoms with Crippen LogP contribution >= 0.6 is 15.9 Å². The van der Waals surface area contributed by atoms with Crippen LogP contribution in [-0.4, -0.2) is 32.7 Å². The number of aryl methyl sites for hydroxylation is 1. The number of alkyl halides is 1. The van der Waals surface area contributed by atoms with E-state index in [0.717, 1.165) is 4.90 Å². The Balaban J connectivity index is 1.87. The first-order valence-electron chi connectivity index (χ1n) is 7.56. The number of halogens is 1. The maximum Gasteiger partial charge on any atom is 0.267 e. The van der Waals surface area contributed by atoms with Gasteiger partial charge in [0.05, 0.1) is 22.0 Å². The summed E-state index contributed by atoms with van der Waals surface area (Å²) in [5, 5.41) is 5.23. The SMILES string of the molecule is Cn1nc(N2C(=O)c3ccccc3C2=O)c2ccc(C(=O)CBr)cc21. The van der Waals surface area contributed by atoms with Gasteiger partial charge in [0.1, 0.15) is 0 Å². The molecule has 0 radical (unpaired) electrons. The van der Waals surface area contributed by atoms with Gasteiger partial charge in [0, 0.05) is 18.0 Å². The largest absolute Gasteiger partial charge is 0.293 e. The number of nitrogens with zero attached hydrogens (tertiary/aromatic N) is 3. The standard InChI is InChI=1S/C18H12BrN3O3/c1-21-14-8-10(15(23)9-19)6-7-13(14)16(20-21)22-17(24)11-4-2-3-5-12(11)18(22)25/h2-8H,9H2,1H3. The third kappa shape index (κ3) is 2.23. The van der Waals surface area contributed by atoms with E-state index in [1.54, 1.807) is 54.2 Å². The molecule has 1 aromatic heterocycles. The van der Waals surface area contributed by atoms with Crippen LogP contribution in [0.15, 0.2) is 42.5 Å². The maximum absolute atomic E-state index is 12.7. The van der Waals surface area contributed by atoms with Gasteiger partial charge < -0.3 is 0 Å². The molecule has 25 heavy (non-hydrogen) atoms. The summed E-state index contributed by atoms with van der Waals surface area (Å²) in [5.74, 6) is -0.547. The van der Waals surface area contributed by atoms with Gasteiger partial charge in [-0.2, -0.15) is 5.10 Å². The Morgan fingerprint density at radius 3 is 2.32 bits per heavy atom. The highest BCUT2D eigenvalue weighted by atomic mass is 79.9. The van der Waals surface area contributed by atoms with E-state index in [1.165, 1.54) is 0 Å². The van der Waals surface area contributed by atoms with Crippen molar-refractivity contribution in [3.8, 4) is 0 Å². The van der Waals surface area contributed by atoms with E-state index in [2.05, 4.69) is 21.0 Å². The molecule has 0 saturated carbocycles. The minimum absolute atomic E-state index is 0.0506. The number of ketones is 1. The third-order valence-electron chi connectivity index (χ3n) is 4.28. The van der Waals surface area contributed by atoms with Crippen LogP contribution < -0.4 is 4.90 Å². The lowest BCUT2D eigenvalue weighted by Crippen LogP contribution is -2.30. The predicted molar refractivity (Wildman–Crippen MR) is 96.4 cm³/mol. The van der Waals surface area contributed by atoms with E-state index in [0.29, 0.717) is 27.6 Å². The lowest BCUT2D eigenvalue weighted by molar-refractivity contribution is 0.0924. The van der Waals surface area contributed by atoms with Crippen LogP contribution in [-0.2, 0) is 7.05 Å². The van der Waals surface area contributed by atoms with Crippen molar-refractivity contribution >= 4 is 50.2 Å². The van der Waals surface area contributed by atoms with Crippen LogP contribution in [0.1, 0.15) is 31.1 Å². The van der Waals surface area contributed by atoms with Gasteiger partial charge in [0.15, 0.2) is 11.6 Å². The van der Waals surface area contributed by atoms with Crippen LogP contribution in [0.4, 0.5) is 5.82 Å². The molecule has 1 aliphatic rings. The molecule has 0 saturated heterocycles. The minimum Gasteiger partial charge on any atom is -0.293 e. The second-order valence-electron chi connectivity index (χ2n) is 5.73. The van der Waals surface area contributed by atoms with Crippen molar-refractivity contribution in [1.29, 1.82) is 0 Å². The molecule has 2 aromatic carbocycles. The number of carbonyl (C=O) groups is 3. The van der Waals surface area contributed by atoms with Gasteiger partial charge in [-0.05, 0) is 24.3 Å². The van der Waals surface area contributed by atoms with E-state index >= 15 is 0 Å². The Kier molecular flexibility index (Phi) is 3.54. The summed E-state index contributed by atoms with van der Waals surface area (Å²) in [6.45, 7) is 0. The Bertz CT molecular complexity index is 1040. The zero-order valence-electron chi connectivity index (χ0n) is 13.2. The fourth-order valence-corrected chi connectivity index (χ4v) is 3.36. The Hall–Kier alpha value is -2.80. The first kappa shape index (κ1) is 15.7. The molecule has 0 atom stereocenters. The maximum atomic E-state index is 12.7. The second-order valence-corrected chi connectivity index (χ2v) is 6.29. The van der Waals surface area contributed by atoms with E-state index in [4.69, 9.17) is 0 Å². The molecular formula is C18H12BrN3O3. The number of hydrogen-bond acceptors (Lipinski definition) is 4. The van der Waals surface area contributed by atoms with Crippen molar-refractivity contribution in [2.24, 2.45) is 7.05 Å². The lowest BCUT2D eigenvalue weighted by Gasteiger charge is -2.10. The number of Topliss-reactive ketones (excluding diaryl/α,β-unsaturated/α-hetero) is 1. The Morgan fingerprint density at radius 2 is 1.72 bits per heavy atom. The van der Waals surface area contributed by atoms with Crippen LogP contribution in [0.5, 0.6) is 0 Å². The molecule has 0 fully saturated rings. The highest BCUT2D eigenvalue weighted by Crippen LogP contribution is 2.33. The monoisotopic (exact) mass is 397 g/mol. The van der Waals surface area contributed by atoms with Gasteiger partial charge in [0.25, 0.3) is 11.8 Å².